The summed E-state index contributed by atoms with van der Waals surface area (Å²) in [5.41, 5.74) is 1.52. The molecule has 7 nitrogen and oxygen atoms in total. The van der Waals surface area contributed by atoms with E-state index in [1.54, 1.807) is 12.1 Å². The molecule has 8 heteroatoms. The molecule has 0 bridgehead atoms. The average molecular weight is 485 g/mol. The lowest BCUT2D eigenvalue weighted by Gasteiger charge is -2.21. The number of hydroxylamine groups is 1. The molecule has 0 unspecified atom stereocenters. The van der Waals surface area contributed by atoms with Crippen LogP contribution >= 0.6 is 0 Å². The maximum absolute atomic E-state index is 13.0. The zero-order valence-corrected chi connectivity index (χ0v) is 21.4. The molecule has 0 atom stereocenters. The molecule has 0 saturated heterocycles. The van der Waals surface area contributed by atoms with Crippen molar-refractivity contribution in [2.75, 3.05) is 20.2 Å². The highest BCUT2D eigenvalue weighted by atomic mass is 32.2. The number of nitrogens with one attached hydrogen (secondary N) is 1. The number of benzene rings is 1. The van der Waals surface area contributed by atoms with E-state index in [1.807, 2.05) is 0 Å². The maximum atomic E-state index is 13.0. The first-order valence-corrected chi connectivity index (χ1v) is 14.0. The number of hydrogen-bond donors (Lipinski definition) is 2. The van der Waals surface area contributed by atoms with Crippen LogP contribution in [0.5, 0.6) is 5.75 Å². The van der Waals surface area contributed by atoms with E-state index >= 15 is 0 Å². The van der Waals surface area contributed by atoms with Crippen LogP contribution in [0.4, 0.5) is 0 Å². The van der Waals surface area contributed by atoms with E-state index in [1.165, 1.54) is 88.9 Å². The summed E-state index contributed by atoms with van der Waals surface area (Å²) in [6.45, 7) is 2.07. The molecule has 0 spiro atoms. The number of carbonyl (C=O) groups excluding carboxylic acids is 1. The Balaban J connectivity index is 2.30. The first-order chi connectivity index (χ1) is 16.0. The van der Waals surface area contributed by atoms with Crippen molar-refractivity contribution in [3.8, 4) is 5.75 Å². The Morgan fingerprint density at radius 3 is 1.73 bits per heavy atom. The molecule has 0 aliphatic carbocycles. The molecule has 0 heterocycles. The third kappa shape index (κ3) is 12.4. The third-order valence-corrected chi connectivity index (χ3v) is 7.76. The summed E-state index contributed by atoms with van der Waals surface area (Å²) in [6.07, 6.45) is 17.0. The molecule has 1 aromatic rings. The fourth-order valence-corrected chi connectivity index (χ4v) is 5.29. The highest BCUT2D eigenvalue weighted by molar-refractivity contribution is 7.89. The summed E-state index contributed by atoms with van der Waals surface area (Å²) in [5, 5.41) is 8.85. The summed E-state index contributed by atoms with van der Waals surface area (Å²) in [7, 11) is -2.33. The van der Waals surface area contributed by atoms with Gasteiger partial charge in [-0.25, -0.2) is 13.9 Å². The van der Waals surface area contributed by atoms with Gasteiger partial charge in [-0.2, -0.15) is 4.31 Å². The average Bonchev–Trinajstić information content (AvgIpc) is 2.83. The van der Waals surface area contributed by atoms with Gasteiger partial charge in [0, 0.05) is 6.54 Å². The molecule has 190 valence electrons. The van der Waals surface area contributed by atoms with Crippen molar-refractivity contribution in [3.63, 3.8) is 0 Å². The van der Waals surface area contributed by atoms with Gasteiger partial charge in [-0.05, 0) is 30.7 Å². The summed E-state index contributed by atoms with van der Waals surface area (Å²) >= 11 is 0. The van der Waals surface area contributed by atoms with Crippen LogP contribution in [0.2, 0.25) is 0 Å². The largest absolute Gasteiger partial charge is 0.497 e. The Bertz CT molecular complexity index is 738. The van der Waals surface area contributed by atoms with E-state index in [4.69, 9.17) is 9.94 Å². The predicted octanol–water partition coefficient (Wildman–Crippen LogP) is 5.67. The Labute approximate surface area is 200 Å². The number of hydrogen-bond acceptors (Lipinski definition) is 5. The van der Waals surface area contributed by atoms with Gasteiger partial charge in [0.05, 0.1) is 18.6 Å². The van der Waals surface area contributed by atoms with Crippen molar-refractivity contribution >= 4 is 15.9 Å². The molecule has 1 rings (SSSR count). The van der Waals surface area contributed by atoms with Crippen LogP contribution in [0.3, 0.4) is 0 Å². The van der Waals surface area contributed by atoms with E-state index in [2.05, 4.69) is 6.92 Å². The van der Waals surface area contributed by atoms with Crippen molar-refractivity contribution in [1.29, 1.82) is 0 Å². The molecule has 0 aliphatic heterocycles. The number of carbonyl (C=O) groups is 1. The molecule has 0 radical (unpaired) electrons. The highest BCUT2D eigenvalue weighted by Gasteiger charge is 2.26. The Hall–Kier alpha value is -1.64. The molecule has 1 amide bonds. The van der Waals surface area contributed by atoms with Gasteiger partial charge in [-0.15, -0.1) is 0 Å². The van der Waals surface area contributed by atoms with Crippen LogP contribution in [0.1, 0.15) is 96.8 Å². The number of ether oxygens (including phenoxy) is 1. The first kappa shape index (κ1) is 29.4. The number of nitrogens with zero attached hydrogens (tertiary/aromatic N) is 1. The van der Waals surface area contributed by atoms with Crippen LogP contribution in [-0.4, -0.2) is 44.0 Å². The first-order valence-electron chi connectivity index (χ1n) is 12.5. The van der Waals surface area contributed by atoms with Crippen molar-refractivity contribution in [1.82, 2.24) is 9.79 Å². The summed E-state index contributed by atoms with van der Waals surface area (Å²) in [5.74, 6) is -0.196. The fraction of sp³-hybridized carbons (Fsp3) is 0.720. The molecule has 1 aromatic carbocycles. The summed E-state index contributed by atoms with van der Waals surface area (Å²) < 4.78 is 32.1. The number of sulfonamides is 1. The smallest absolute Gasteiger partial charge is 0.258 e. The number of unbranched alkanes of at least 4 members (excludes halogenated alkanes) is 13. The van der Waals surface area contributed by atoms with Gasteiger partial charge in [0.1, 0.15) is 5.75 Å². The third-order valence-electron chi connectivity index (χ3n) is 5.90. The zero-order valence-electron chi connectivity index (χ0n) is 20.6. The zero-order chi connectivity index (χ0) is 24.4. The fourth-order valence-electron chi connectivity index (χ4n) is 3.86. The van der Waals surface area contributed by atoms with Crippen LogP contribution in [-0.2, 0) is 14.8 Å². The molecular weight excluding hydrogens is 440 g/mol. The molecule has 2 N–H and O–H groups in total. The predicted molar refractivity (Wildman–Crippen MR) is 132 cm³/mol. The SMILES string of the molecule is CCCCCCCCCCCCCCCCN(CC(=O)NO)S(=O)(=O)c1ccc(OC)cc1. The van der Waals surface area contributed by atoms with Crippen LogP contribution in [0, 0.1) is 0 Å². The Kier molecular flexibility index (Phi) is 15.8. The van der Waals surface area contributed by atoms with Crippen molar-refractivity contribution in [2.24, 2.45) is 0 Å². The second-order valence-corrected chi connectivity index (χ2v) is 10.6. The lowest BCUT2D eigenvalue weighted by atomic mass is 10.0. The van der Waals surface area contributed by atoms with Crippen LogP contribution in [0.15, 0.2) is 29.2 Å². The molecule has 33 heavy (non-hydrogen) atoms. The van der Waals surface area contributed by atoms with Crippen molar-refractivity contribution < 1.29 is 23.2 Å². The number of methoxy groups -OCH3 is 1. The van der Waals surface area contributed by atoms with E-state index in [9.17, 15) is 13.2 Å². The lowest BCUT2D eigenvalue weighted by molar-refractivity contribution is -0.129. The molecule has 0 fully saturated rings. The topological polar surface area (TPSA) is 95.9 Å². The minimum absolute atomic E-state index is 0.0967. The number of rotatable bonds is 20. The summed E-state index contributed by atoms with van der Waals surface area (Å²) in [6, 6.07) is 6.07. The quantitative estimate of drug-likeness (QED) is 0.141. The standard InChI is InChI=1S/C25H44N2O5S/c1-3-4-5-6-7-8-9-10-11-12-13-14-15-16-21-27(22-25(28)26-29)33(30,31)24-19-17-23(32-2)18-20-24/h17-20,29H,3-16,21-22H2,1-2H3,(H,26,28). The lowest BCUT2D eigenvalue weighted by Crippen LogP contribution is -2.40. The van der Waals surface area contributed by atoms with Gasteiger partial charge >= 0.3 is 0 Å². The van der Waals surface area contributed by atoms with Gasteiger partial charge in [-0.3, -0.25) is 10.0 Å². The van der Waals surface area contributed by atoms with Crippen LogP contribution in [0.25, 0.3) is 0 Å². The van der Waals surface area contributed by atoms with E-state index in [-0.39, 0.29) is 11.4 Å². The van der Waals surface area contributed by atoms with E-state index < -0.39 is 22.5 Å². The van der Waals surface area contributed by atoms with Crippen molar-refractivity contribution in [2.45, 2.75) is 102 Å². The molecule has 0 aromatic heterocycles. The molecule has 0 aliphatic rings. The second-order valence-electron chi connectivity index (χ2n) is 8.65. The van der Waals surface area contributed by atoms with Gasteiger partial charge < -0.3 is 4.74 Å². The van der Waals surface area contributed by atoms with Crippen LogP contribution < -0.4 is 10.2 Å². The molecular formula is C25H44N2O5S. The highest BCUT2D eigenvalue weighted by Crippen LogP contribution is 2.20. The van der Waals surface area contributed by atoms with E-state index in [0.29, 0.717) is 12.2 Å². The Morgan fingerprint density at radius 1 is 0.848 bits per heavy atom. The van der Waals surface area contributed by atoms with Gasteiger partial charge in [0.2, 0.25) is 10.0 Å². The van der Waals surface area contributed by atoms with Gasteiger partial charge in [0.25, 0.3) is 5.91 Å². The molecule has 0 saturated carbocycles. The summed E-state index contributed by atoms with van der Waals surface area (Å²) in [4.78, 5) is 11.8. The van der Waals surface area contributed by atoms with E-state index in [0.717, 1.165) is 23.6 Å². The van der Waals surface area contributed by atoms with Gasteiger partial charge in [0.15, 0.2) is 0 Å². The minimum Gasteiger partial charge on any atom is -0.497 e. The van der Waals surface area contributed by atoms with Gasteiger partial charge in [-0.1, -0.05) is 90.4 Å². The van der Waals surface area contributed by atoms with Crippen molar-refractivity contribution in [3.05, 3.63) is 24.3 Å². The second kappa shape index (κ2) is 17.8. The normalized spacial score (nSPS) is 11.6. The Morgan fingerprint density at radius 2 is 1.30 bits per heavy atom. The monoisotopic (exact) mass is 484 g/mol. The number of amides is 1. The minimum atomic E-state index is -3.84. The maximum Gasteiger partial charge on any atom is 0.258 e.